The molecule has 0 radical (unpaired) electrons. The van der Waals surface area contributed by atoms with Crippen LogP contribution < -0.4 is 5.32 Å². The van der Waals surface area contributed by atoms with Gasteiger partial charge in [0.05, 0.1) is 5.52 Å². The first-order valence-corrected chi connectivity index (χ1v) is 8.94. The van der Waals surface area contributed by atoms with Crippen molar-refractivity contribution in [2.75, 3.05) is 13.1 Å². The molecule has 0 aliphatic carbocycles. The zero-order chi connectivity index (χ0) is 18.1. The predicted octanol–water partition coefficient (Wildman–Crippen LogP) is 3.99. The zero-order valence-electron chi connectivity index (χ0n) is 14.4. The molecule has 0 spiro atoms. The van der Waals surface area contributed by atoms with Gasteiger partial charge in [-0.1, -0.05) is 30.3 Å². The number of carboxylic acid groups (broad SMARTS) is 1. The number of fused-ring (bicyclic) bond motifs is 1. The second-order valence-corrected chi connectivity index (χ2v) is 6.86. The van der Waals surface area contributed by atoms with Crippen molar-refractivity contribution < 1.29 is 14.3 Å². The SMILES string of the molecule is O=C(O)c1cc2c(C3CCNCC3)cc(F)cc2n1Cc1ccccc1. The van der Waals surface area contributed by atoms with Crippen LogP contribution in [0.15, 0.2) is 48.5 Å². The van der Waals surface area contributed by atoms with Gasteiger partial charge in [-0.05, 0) is 61.2 Å². The van der Waals surface area contributed by atoms with Gasteiger partial charge in [-0.25, -0.2) is 9.18 Å². The number of piperidine rings is 1. The van der Waals surface area contributed by atoms with Crippen molar-refractivity contribution in [3.8, 4) is 0 Å². The van der Waals surface area contributed by atoms with Crippen LogP contribution in [-0.2, 0) is 6.54 Å². The van der Waals surface area contributed by atoms with Crippen molar-refractivity contribution in [2.45, 2.75) is 25.3 Å². The second kappa shape index (κ2) is 6.92. The fourth-order valence-electron chi connectivity index (χ4n) is 3.93. The standard InChI is InChI=1S/C21H21FN2O2/c22-16-10-17(15-6-8-23-9-7-15)18-12-20(21(25)26)24(19(18)11-16)13-14-4-2-1-3-5-14/h1-5,10-12,15,23H,6-9,13H2,(H,25,26). The molecule has 26 heavy (non-hydrogen) atoms. The summed E-state index contributed by atoms with van der Waals surface area (Å²) in [4.78, 5) is 11.8. The quantitative estimate of drug-likeness (QED) is 0.746. The van der Waals surface area contributed by atoms with E-state index in [1.807, 2.05) is 30.3 Å². The molecule has 4 nitrogen and oxygen atoms in total. The molecule has 2 aromatic carbocycles. The van der Waals surface area contributed by atoms with E-state index in [1.54, 1.807) is 16.7 Å². The van der Waals surface area contributed by atoms with Gasteiger partial charge in [-0.15, -0.1) is 0 Å². The Labute approximate surface area is 151 Å². The van der Waals surface area contributed by atoms with Crippen LogP contribution in [0.5, 0.6) is 0 Å². The summed E-state index contributed by atoms with van der Waals surface area (Å²) in [6.07, 6.45) is 1.87. The van der Waals surface area contributed by atoms with Gasteiger partial charge >= 0.3 is 5.97 Å². The van der Waals surface area contributed by atoms with Crippen molar-refractivity contribution in [2.24, 2.45) is 0 Å². The maximum absolute atomic E-state index is 14.4. The van der Waals surface area contributed by atoms with E-state index in [2.05, 4.69) is 5.32 Å². The van der Waals surface area contributed by atoms with Crippen molar-refractivity contribution in [1.82, 2.24) is 9.88 Å². The first kappa shape index (κ1) is 16.8. The monoisotopic (exact) mass is 352 g/mol. The Morgan fingerprint density at radius 3 is 2.58 bits per heavy atom. The molecule has 5 heteroatoms. The van der Waals surface area contributed by atoms with Crippen LogP contribution in [0.2, 0.25) is 0 Å². The normalized spacial score (nSPS) is 15.4. The Kier molecular flexibility index (Phi) is 4.47. The van der Waals surface area contributed by atoms with Crippen LogP contribution in [0, 0.1) is 5.82 Å². The number of rotatable bonds is 4. The Morgan fingerprint density at radius 1 is 1.15 bits per heavy atom. The molecule has 2 N–H and O–H groups in total. The highest BCUT2D eigenvalue weighted by molar-refractivity contribution is 5.96. The molecule has 0 saturated carbocycles. The van der Waals surface area contributed by atoms with Gasteiger partial charge in [-0.3, -0.25) is 0 Å². The number of aromatic carboxylic acids is 1. The average Bonchev–Trinajstić information content (AvgIpc) is 3.01. The van der Waals surface area contributed by atoms with Gasteiger partial charge in [0.2, 0.25) is 0 Å². The predicted molar refractivity (Wildman–Crippen MR) is 99.2 cm³/mol. The maximum Gasteiger partial charge on any atom is 0.352 e. The first-order valence-electron chi connectivity index (χ1n) is 8.94. The van der Waals surface area contributed by atoms with E-state index >= 15 is 0 Å². The summed E-state index contributed by atoms with van der Waals surface area (Å²) >= 11 is 0. The number of nitrogens with zero attached hydrogens (tertiary/aromatic N) is 1. The minimum Gasteiger partial charge on any atom is -0.477 e. The largest absolute Gasteiger partial charge is 0.477 e. The zero-order valence-corrected chi connectivity index (χ0v) is 14.4. The van der Waals surface area contributed by atoms with E-state index in [9.17, 15) is 14.3 Å². The molecule has 1 saturated heterocycles. The van der Waals surface area contributed by atoms with Gasteiger partial charge in [0.15, 0.2) is 0 Å². The number of benzene rings is 2. The third-order valence-corrected chi connectivity index (χ3v) is 5.20. The van der Waals surface area contributed by atoms with Crippen molar-refractivity contribution >= 4 is 16.9 Å². The molecule has 2 heterocycles. The summed E-state index contributed by atoms with van der Waals surface area (Å²) in [5.74, 6) is -1.05. The van der Waals surface area contributed by atoms with Crippen molar-refractivity contribution in [3.05, 3.63) is 71.2 Å². The minimum atomic E-state index is -0.992. The number of carboxylic acids is 1. The molecule has 1 aromatic heterocycles. The van der Waals surface area contributed by atoms with E-state index in [4.69, 9.17) is 0 Å². The van der Waals surface area contributed by atoms with E-state index in [0.717, 1.165) is 42.4 Å². The summed E-state index contributed by atoms with van der Waals surface area (Å²) in [5, 5.41) is 13.9. The van der Waals surface area contributed by atoms with Gasteiger partial charge < -0.3 is 15.0 Å². The molecule has 0 atom stereocenters. The molecule has 0 bridgehead atoms. The van der Waals surface area contributed by atoms with Crippen LogP contribution in [0.25, 0.3) is 10.9 Å². The van der Waals surface area contributed by atoms with Crippen LogP contribution in [0.1, 0.15) is 40.4 Å². The van der Waals surface area contributed by atoms with Crippen LogP contribution in [0.3, 0.4) is 0 Å². The molecular formula is C21H21FN2O2. The Bertz CT molecular complexity index is 944. The highest BCUT2D eigenvalue weighted by atomic mass is 19.1. The summed E-state index contributed by atoms with van der Waals surface area (Å²) in [7, 11) is 0. The highest BCUT2D eigenvalue weighted by Crippen LogP contribution is 2.34. The number of hydrogen-bond acceptors (Lipinski definition) is 2. The molecular weight excluding hydrogens is 331 g/mol. The lowest BCUT2D eigenvalue weighted by atomic mass is 9.88. The average molecular weight is 352 g/mol. The lowest BCUT2D eigenvalue weighted by molar-refractivity contribution is 0.0686. The van der Waals surface area contributed by atoms with Crippen LogP contribution >= 0.6 is 0 Å². The van der Waals surface area contributed by atoms with Crippen LogP contribution in [0.4, 0.5) is 4.39 Å². The summed E-state index contributed by atoms with van der Waals surface area (Å²) in [6, 6.07) is 14.4. The highest BCUT2D eigenvalue weighted by Gasteiger charge is 2.23. The lowest BCUT2D eigenvalue weighted by Gasteiger charge is -2.24. The molecule has 3 aromatic rings. The van der Waals surface area contributed by atoms with E-state index in [-0.39, 0.29) is 17.4 Å². The molecule has 1 aliphatic rings. The number of carbonyl (C=O) groups is 1. The second-order valence-electron chi connectivity index (χ2n) is 6.86. The smallest absolute Gasteiger partial charge is 0.352 e. The topological polar surface area (TPSA) is 54.3 Å². The summed E-state index contributed by atoms with van der Waals surface area (Å²) in [6.45, 7) is 2.21. The Balaban J connectivity index is 1.88. The van der Waals surface area contributed by atoms with Crippen molar-refractivity contribution in [3.63, 3.8) is 0 Å². The Hall–Kier alpha value is -2.66. The fraction of sp³-hybridized carbons (Fsp3) is 0.286. The Morgan fingerprint density at radius 2 is 1.88 bits per heavy atom. The van der Waals surface area contributed by atoms with Crippen LogP contribution in [-0.4, -0.2) is 28.7 Å². The van der Waals surface area contributed by atoms with Gasteiger partial charge in [0.25, 0.3) is 0 Å². The van der Waals surface area contributed by atoms with E-state index in [1.165, 1.54) is 6.07 Å². The summed E-state index contributed by atoms with van der Waals surface area (Å²) < 4.78 is 16.1. The maximum atomic E-state index is 14.4. The third-order valence-electron chi connectivity index (χ3n) is 5.20. The molecule has 1 fully saturated rings. The minimum absolute atomic E-state index is 0.199. The van der Waals surface area contributed by atoms with Gasteiger partial charge in [-0.2, -0.15) is 0 Å². The summed E-state index contributed by atoms with van der Waals surface area (Å²) in [5.41, 5.74) is 2.76. The van der Waals surface area contributed by atoms with Crippen molar-refractivity contribution in [1.29, 1.82) is 0 Å². The third kappa shape index (κ3) is 3.10. The number of aromatic nitrogens is 1. The fourth-order valence-corrected chi connectivity index (χ4v) is 3.93. The van der Waals surface area contributed by atoms with Gasteiger partial charge in [0, 0.05) is 11.9 Å². The molecule has 0 amide bonds. The molecule has 134 valence electrons. The molecule has 0 unspecified atom stereocenters. The van der Waals surface area contributed by atoms with E-state index in [0.29, 0.717) is 12.1 Å². The lowest BCUT2D eigenvalue weighted by Crippen LogP contribution is -2.26. The number of hydrogen-bond donors (Lipinski definition) is 2. The molecule has 4 rings (SSSR count). The first-order chi connectivity index (χ1) is 12.6. The molecule has 1 aliphatic heterocycles. The van der Waals surface area contributed by atoms with E-state index < -0.39 is 5.97 Å². The van der Waals surface area contributed by atoms with Gasteiger partial charge in [0.1, 0.15) is 11.5 Å². The number of halogens is 1. The number of nitrogens with one attached hydrogen (secondary N) is 1.